The van der Waals surface area contributed by atoms with E-state index in [1.807, 2.05) is 0 Å². The number of rotatable bonds is 5. The van der Waals surface area contributed by atoms with Crippen molar-refractivity contribution in [3.05, 3.63) is 69.9 Å². The summed E-state index contributed by atoms with van der Waals surface area (Å²) in [7, 11) is -4.12. The maximum Gasteiger partial charge on any atom is 0.416 e. The Hall–Kier alpha value is -2.85. The molecule has 1 heterocycles. The standard InChI is InChI=1S/C19H14F3NO4S2/c1-11-4-2-3-5-15(11)29(26,27)23-16-14(10-28-17(16)18(24)25)12-6-8-13(9-7-12)19(20,21)22/h2-10,23H,1H3,(H,24,25). The molecule has 152 valence electrons. The Morgan fingerprint density at radius 2 is 1.69 bits per heavy atom. The van der Waals surface area contributed by atoms with Gasteiger partial charge >= 0.3 is 12.1 Å². The van der Waals surface area contributed by atoms with Gasteiger partial charge < -0.3 is 5.11 Å². The van der Waals surface area contributed by atoms with Crippen LogP contribution in [0.1, 0.15) is 20.8 Å². The molecule has 0 radical (unpaired) electrons. The van der Waals surface area contributed by atoms with Gasteiger partial charge in [-0.05, 0) is 36.2 Å². The maximum absolute atomic E-state index is 12.8. The molecule has 0 saturated heterocycles. The normalized spacial score (nSPS) is 12.0. The fraction of sp³-hybridized carbons (Fsp3) is 0.105. The molecule has 0 aliphatic heterocycles. The van der Waals surface area contributed by atoms with Crippen molar-refractivity contribution in [3.8, 4) is 11.1 Å². The van der Waals surface area contributed by atoms with Crippen molar-refractivity contribution in [2.45, 2.75) is 18.0 Å². The van der Waals surface area contributed by atoms with E-state index in [2.05, 4.69) is 4.72 Å². The molecule has 10 heteroatoms. The first-order valence-electron chi connectivity index (χ1n) is 8.11. The predicted octanol–water partition coefficient (Wildman–Crippen LogP) is 5.24. The highest BCUT2D eigenvalue weighted by Gasteiger charge is 2.30. The van der Waals surface area contributed by atoms with Crippen molar-refractivity contribution in [2.75, 3.05) is 4.72 Å². The van der Waals surface area contributed by atoms with Gasteiger partial charge in [-0.1, -0.05) is 30.3 Å². The third-order valence-electron chi connectivity index (χ3n) is 4.13. The quantitative estimate of drug-likeness (QED) is 0.567. The van der Waals surface area contributed by atoms with Gasteiger partial charge in [0.15, 0.2) is 0 Å². The number of carboxylic acids is 1. The number of anilines is 1. The lowest BCUT2D eigenvalue weighted by Crippen LogP contribution is -2.16. The van der Waals surface area contributed by atoms with Crippen LogP contribution in [0.3, 0.4) is 0 Å². The first-order chi connectivity index (χ1) is 13.5. The molecule has 0 amide bonds. The average Bonchev–Trinajstić information content (AvgIpc) is 3.04. The number of benzene rings is 2. The average molecular weight is 441 g/mol. The Kier molecular flexibility index (Phi) is 5.42. The third-order valence-corrected chi connectivity index (χ3v) is 6.61. The van der Waals surface area contributed by atoms with Crippen LogP contribution in [0.5, 0.6) is 0 Å². The van der Waals surface area contributed by atoms with Gasteiger partial charge in [0.25, 0.3) is 10.0 Å². The molecule has 0 saturated carbocycles. The van der Waals surface area contributed by atoms with E-state index >= 15 is 0 Å². The minimum Gasteiger partial charge on any atom is -0.477 e. The second-order valence-electron chi connectivity index (χ2n) is 6.10. The molecule has 0 atom stereocenters. The first-order valence-corrected chi connectivity index (χ1v) is 10.5. The molecule has 0 spiro atoms. The van der Waals surface area contributed by atoms with E-state index in [1.165, 1.54) is 29.6 Å². The highest BCUT2D eigenvalue weighted by Crippen LogP contribution is 2.39. The lowest BCUT2D eigenvalue weighted by molar-refractivity contribution is -0.137. The molecule has 3 rings (SSSR count). The number of carbonyl (C=O) groups is 1. The summed E-state index contributed by atoms with van der Waals surface area (Å²) < 4.78 is 66.3. The summed E-state index contributed by atoms with van der Waals surface area (Å²) >= 11 is 0.780. The van der Waals surface area contributed by atoms with Crippen molar-refractivity contribution in [3.63, 3.8) is 0 Å². The molecule has 2 aromatic carbocycles. The molecule has 1 aromatic heterocycles. The topological polar surface area (TPSA) is 83.5 Å². The van der Waals surface area contributed by atoms with Crippen molar-refractivity contribution in [1.82, 2.24) is 0 Å². The molecule has 0 bridgehead atoms. The number of aryl methyl sites for hydroxylation is 1. The lowest BCUT2D eigenvalue weighted by Gasteiger charge is -2.13. The molecule has 0 unspecified atom stereocenters. The number of thiophene rings is 1. The highest BCUT2D eigenvalue weighted by molar-refractivity contribution is 7.92. The smallest absolute Gasteiger partial charge is 0.416 e. The monoisotopic (exact) mass is 441 g/mol. The van der Waals surface area contributed by atoms with E-state index in [-0.39, 0.29) is 26.6 Å². The molecule has 0 fully saturated rings. The van der Waals surface area contributed by atoms with Crippen LogP contribution >= 0.6 is 11.3 Å². The fourth-order valence-electron chi connectivity index (χ4n) is 2.72. The van der Waals surface area contributed by atoms with Crippen LogP contribution in [0.4, 0.5) is 18.9 Å². The molecule has 3 aromatic rings. The number of halogens is 3. The van der Waals surface area contributed by atoms with Crippen LogP contribution in [0.25, 0.3) is 11.1 Å². The van der Waals surface area contributed by atoms with Gasteiger partial charge in [-0.3, -0.25) is 4.72 Å². The molecular formula is C19H14F3NO4S2. The number of carboxylic acid groups (broad SMARTS) is 1. The maximum atomic E-state index is 12.8. The summed E-state index contributed by atoms with van der Waals surface area (Å²) in [5.74, 6) is -1.35. The Bertz CT molecular complexity index is 1170. The summed E-state index contributed by atoms with van der Waals surface area (Å²) in [6.45, 7) is 1.59. The molecule has 0 aliphatic rings. The van der Waals surface area contributed by atoms with Crippen LogP contribution in [-0.2, 0) is 16.2 Å². The number of sulfonamides is 1. The van der Waals surface area contributed by atoms with Crippen molar-refractivity contribution in [1.29, 1.82) is 0 Å². The van der Waals surface area contributed by atoms with Crippen LogP contribution in [0.2, 0.25) is 0 Å². The van der Waals surface area contributed by atoms with Gasteiger partial charge in [0.2, 0.25) is 0 Å². The lowest BCUT2D eigenvalue weighted by atomic mass is 10.0. The van der Waals surface area contributed by atoms with Crippen LogP contribution in [0, 0.1) is 6.92 Å². The van der Waals surface area contributed by atoms with Crippen molar-refractivity contribution < 1.29 is 31.5 Å². The van der Waals surface area contributed by atoms with E-state index in [4.69, 9.17) is 0 Å². The van der Waals surface area contributed by atoms with Crippen molar-refractivity contribution >= 4 is 33.0 Å². The Morgan fingerprint density at radius 1 is 1.07 bits per heavy atom. The van der Waals surface area contributed by atoms with Crippen LogP contribution < -0.4 is 4.72 Å². The van der Waals surface area contributed by atoms with Gasteiger partial charge in [-0.25, -0.2) is 13.2 Å². The summed E-state index contributed by atoms with van der Waals surface area (Å²) in [6.07, 6.45) is -4.52. The number of alkyl halides is 3. The predicted molar refractivity (Wildman–Crippen MR) is 104 cm³/mol. The third kappa shape index (κ3) is 4.28. The van der Waals surface area contributed by atoms with Gasteiger partial charge in [0.1, 0.15) is 4.88 Å². The largest absolute Gasteiger partial charge is 0.477 e. The van der Waals surface area contributed by atoms with E-state index in [9.17, 15) is 31.5 Å². The minimum atomic E-state index is -4.52. The van der Waals surface area contributed by atoms with Crippen molar-refractivity contribution in [2.24, 2.45) is 0 Å². The van der Waals surface area contributed by atoms with E-state index in [0.29, 0.717) is 5.56 Å². The SMILES string of the molecule is Cc1ccccc1S(=O)(=O)Nc1c(-c2ccc(C(F)(F)F)cc2)csc1C(=O)O. The first kappa shape index (κ1) is 20.9. The fourth-order valence-corrected chi connectivity index (χ4v) is 4.99. The number of nitrogens with one attached hydrogen (secondary N) is 1. The number of aromatic carboxylic acids is 1. The zero-order valence-electron chi connectivity index (χ0n) is 14.8. The molecule has 29 heavy (non-hydrogen) atoms. The van der Waals surface area contributed by atoms with Crippen LogP contribution in [0.15, 0.2) is 58.8 Å². The van der Waals surface area contributed by atoms with E-state index < -0.39 is 27.7 Å². The zero-order chi connectivity index (χ0) is 21.4. The van der Waals surface area contributed by atoms with Crippen LogP contribution in [-0.4, -0.2) is 19.5 Å². The number of hydrogen-bond acceptors (Lipinski definition) is 4. The summed E-state index contributed by atoms with van der Waals surface area (Å²) in [4.78, 5) is 11.3. The number of hydrogen-bond donors (Lipinski definition) is 2. The second-order valence-corrected chi connectivity index (χ2v) is 8.64. The Labute approximate surface area is 168 Å². The Balaban J connectivity index is 2.08. The second kappa shape index (κ2) is 7.53. The molecule has 0 aliphatic carbocycles. The Morgan fingerprint density at radius 3 is 2.24 bits per heavy atom. The van der Waals surface area contributed by atoms with Gasteiger partial charge in [0, 0.05) is 10.9 Å². The van der Waals surface area contributed by atoms with Gasteiger partial charge in [0.05, 0.1) is 16.1 Å². The van der Waals surface area contributed by atoms with Gasteiger partial charge in [-0.2, -0.15) is 13.2 Å². The summed E-state index contributed by atoms with van der Waals surface area (Å²) in [5, 5.41) is 10.8. The minimum absolute atomic E-state index is 0.0269. The molecular weight excluding hydrogens is 427 g/mol. The van der Waals surface area contributed by atoms with E-state index in [0.717, 1.165) is 23.5 Å². The van der Waals surface area contributed by atoms with Gasteiger partial charge in [-0.15, -0.1) is 11.3 Å². The summed E-state index contributed by atoms with van der Waals surface area (Å²) in [5.41, 5.74) is -0.159. The highest BCUT2D eigenvalue weighted by atomic mass is 32.2. The zero-order valence-corrected chi connectivity index (χ0v) is 16.5. The summed E-state index contributed by atoms with van der Waals surface area (Å²) in [6, 6.07) is 10.2. The van der Waals surface area contributed by atoms with E-state index in [1.54, 1.807) is 19.1 Å². The molecule has 2 N–H and O–H groups in total. The molecule has 5 nitrogen and oxygen atoms in total.